The molecule has 1 aromatic heterocycles. The van der Waals surface area contributed by atoms with Gasteiger partial charge in [0.25, 0.3) is 0 Å². The molecule has 2 aliphatic rings. The van der Waals surface area contributed by atoms with Gasteiger partial charge in [0.05, 0.1) is 5.52 Å². The zero-order valence-electron chi connectivity index (χ0n) is 22.2. The van der Waals surface area contributed by atoms with E-state index in [4.69, 9.17) is 4.74 Å². The average Bonchev–Trinajstić information content (AvgIpc) is 3.50. The number of carbonyl (C=O) groups is 1. The summed E-state index contributed by atoms with van der Waals surface area (Å²) in [6.07, 6.45) is 6.69. The Kier molecular flexibility index (Phi) is 6.29. The highest BCUT2D eigenvalue weighted by Gasteiger charge is 2.44. The highest BCUT2D eigenvalue weighted by molar-refractivity contribution is 5.94. The molecule has 5 rings (SSSR count). The van der Waals surface area contributed by atoms with Gasteiger partial charge in [-0.05, 0) is 99.6 Å². The third kappa shape index (κ3) is 4.53. The summed E-state index contributed by atoms with van der Waals surface area (Å²) in [6.45, 7) is 14.3. The Hall–Kier alpha value is -2.59. The van der Waals surface area contributed by atoms with Crippen molar-refractivity contribution in [2.75, 3.05) is 6.54 Å². The van der Waals surface area contributed by atoms with E-state index in [9.17, 15) is 4.79 Å². The Balaban J connectivity index is 1.52. The van der Waals surface area contributed by atoms with E-state index in [2.05, 4.69) is 62.1 Å². The van der Waals surface area contributed by atoms with Gasteiger partial charge in [0.1, 0.15) is 5.60 Å². The smallest absolute Gasteiger partial charge is 0.418 e. The maximum Gasteiger partial charge on any atom is 0.418 e. The van der Waals surface area contributed by atoms with E-state index in [1.54, 1.807) is 4.57 Å². The van der Waals surface area contributed by atoms with E-state index < -0.39 is 5.60 Å². The van der Waals surface area contributed by atoms with Crippen LogP contribution in [0.4, 0.5) is 4.79 Å². The summed E-state index contributed by atoms with van der Waals surface area (Å²) in [6, 6.07) is 14.2. The fraction of sp³-hybridized carbons (Fsp3) is 0.516. The molecule has 2 heterocycles. The lowest BCUT2D eigenvalue weighted by molar-refractivity contribution is 0.0544. The van der Waals surface area contributed by atoms with Crippen molar-refractivity contribution >= 4 is 17.0 Å². The Morgan fingerprint density at radius 3 is 2.49 bits per heavy atom. The fourth-order valence-corrected chi connectivity index (χ4v) is 6.61. The quantitative estimate of drug-likeness (QED) is 0.392. The molecule has 0 bridgehead atoms. The largest absolute Gasteiger partial charge is 0.443 e. The average molecular weight is 473 g/mol. The lowest BCUT2D eigenvalue weighted by Crippen LogP contribution is -2.27. The molecule has 186 valence electrons. The van der Waals surface area contributed by atoms with E-state index in [1.165, 1.54) is 46.9 Å². The van der Waals surface area contributed by atoms with Crippen molar-refractivity contribution in [1.29, 1.82) is 0 Å². The molecule has 1 saturated carbocycles. The number of fused-ring (bicyclic) bond motifs is 2. The maximum absolute atomic E-state index is 13.0. The van der Waals surface area contributed by atoms with Crippen LogP contribution in [0, 0.1) is 25.7 Å². The summed E-state index contributed by atoms with van der Waals surface area (Å²) in [5.41, 5.74) is 7.07. The molecule has 1 saturated heterocycles. The number of likely N-dealkylation sites (tertiary alicyclic amines) is 1. The van der Waals surface area contributed by atoms with E-state index in [1.807, 2.05) is 27.0 Å². The van der Waals surface area contributed by atoms with Crippen LogP contribution >= 0.6 is 0 Å². The van der Waals surface area contributed by atoms with Crippen molar-refractivity contribution in [3.05, 3.63) is 70.4 Å². The second-order valence-corrected chi connectivity index (χ2v) is 11.7. The molecule has 1 unspecified atom stereocenters. The normalized spacial score (nSPS) is 22.6. The minimum absolute atomic E-state index is 0.310. The Bertz CT molecular complexity index is 1230. The summed E-state index contributed by atoms with van der Waals surface area (Å²) >= 11 is 0. The minimum atomic E-state index is -0.525. The number of aromatic nitrogens is 1. The van der Waals surface area contributed by atoms with E-state index in [0.717, 1.165) is 42.4 Å². The summed E-state index contributed by atoms with van der Waals surface area (Å²) in [5, 5.41) is 1.17. The van der Waals surface area contributed by atoms with Gasteiger partial charge in [-0.15, -0.1) is 0 Å². The van der Waals surface area contributed by atoms with Crippen LogP contribution in [0.25, 0.3) is 10.9 Å². The second kappa shape index (κ2) is 9.13. The van der Waals surface area contributed by atoms with Crippen LogP contribution in [-0.4, -0.2) is 27.7 Å². The van der Waals surface area contributed by atoms with Crippen molar-refractivity contribution in [3.63, 3.8) is 0 Å². The van der Waals surface area contributed by atoms with Crippen LogP contribution in [0.1, 0.15) is 80.8 Å². The van der Waals surface area contributed by atoms with Gasteiger partial charge in [-0.25, -0.2) is 4.79 Å². The number of hydrogen-bond acceptors (Lipinski definition) is 3. The zero-order chi connectivity index (χ0) is 24.9. The number of ether oxygens (including phenoxy) is 1. The molecule has 2 aromatic carbocycles. The van der Waals surface area contributed by atoms with Gasteiger partial charge in [0.15, 0.2) is 0 Å². The van der Waals surface area contributed by atoms with E-state index in [0.29, 0.717) is 6.04 Å². The lowest BCUT2D eigenvalue weighted by atomic mass is 9.88. The summed E-state index contributed by atoms with van der Waals surface area (Å²) in [4.78, 5) is 15.7. The monoisotopic (exact) mass is 472 g/mol. The van der Waals surface area contributed by atoms with Gasteiger partial charge in [-0.2, -0.15) is 0 Å². The first kappa shape index (κ1) is 24.1. The topological polar surface area (TPSA) is 34.5 Å². The Morgan fingerprint density at radius 1 is 1.06 bits per heavy atom. The highest BCUT2D eigenvalue weighted by atomic mass is 16.6. The minimum Gasteiger partial charge on any atom is -0.443 e. The molecule has 0 N–H and O–H groups in total. The number of rotatable bonds is 4. The van der Waals surface area contributed by atoms with Crippen molar-refractivity contribution in [1.82, 2.24) is 9.47 Å². The van der Waals surface area contributed by atoms with Gasteiger partial charge in [0, 0.05) is 30.7 Å². The van der Waals surface area contributed by atoms with Gasteiger partial charge >= 0.3 is 6.09 Å². The molecule has 1 aliphatic carbocycles. The standard InChI is InChI=1S/C31H40N2O2/c1-7-22-11-13-23(14-12-22)29-25-10-8-9-24(25)18-32(29)19-27-20(2)17-21(3)28-26(27)15-16-33(28)30(34)35-31(4,5)6/h11-17,24-25,29H,7-10,18-19H2,1-6H3/t24-,25-,29?/m0/s1. The molecule has 2 fully saturated rings. The molecule has 0 radical (unpaired) electrons. The molecule has 4 heteroatoms. The molecule has 4 nitrogen and oxygen atoms in total. The van der Waals surface area contributed by atoms with Crippen LogP contribution in [0.2, 0.25) is 0 Å². The van der Waals surface area contributed by atoms with Gasteiger partial charge in [-0.3, -0.25) is 9.47 Å². The van der Waals surface area contributed by atoms with Gasteiger partial charge in [-0.1, -0.05) is 43.7 Å². The molecule has 35 heavy (non-hydrogen) atoms. The summed E-state index contributed by atoms with van der Waals surface area (Å²) < 4.78 is 7.40. The Morgan fingerprint density at radius 2 is 1.80 bits per heavy atom. The number of nitrogens with zero attached hydrogens (tertiary/aromatic N) is 2. The predicted molar refractivity (Wildman–Crippen MR) is 143 cm³/mol. The lowest BCUT2D eigenvalue weighted by Gasteiger charge is -2.29. The van der Waals surface area contributed by atoms with E-state index >= 15 is 0 Å². The molecular formula is C31H40N2O2. The molecule has 3 atom stereocenters. The van der Waals surface area contributed by atoms with E-state index in [-0.39, 0.29) is 6.09 Å². The zero-order valence-corrected chi connectivity index (χ0v) is 22.2. The van der Waals surface area contributed by atoms with Crippen molar-refractivity contribution in [2.24, 2.45) is 11.8 Å². The first-order valence-corrected chi connectivity index (χ1v) is 13.3. The van der Waals surface area contributed by atoms with Crippen molar-refractivity contribution in [3.8, 4) is 0 Å². The molecule has 1 aliphatic heterocycles. The highest BCUT2D eigenvalue weighted by Crippen LogP contribution is 2.50. The fourth-order valence-electron chi connectivity index (χ4n) is 6.61. The van der Waals surface area contributed by atoms with Crippen LogP contribution in [0.3, 0.4) is 0 Å². The Labute approximate surface area is 210 Å². The second-order valence-electron chi connectivity index (χ2n) is 11.7. The van der Waals surface area contributed by atoms with Crippen LogP contribution < -0.4 is 0 Å². The summed E-state index contributed by atoms with van der Waals surface area (Å²) in [5.74, 6) is 1.54. The number of benzene rings is 2. The molecule has 0 spiro atoms. The summed E-state index contributed by atoms with van der Waals surface area (Å²) in [7, 11) is 0. The van der Waals surface area contributed by atoms with Crippen molar-refractivity contribution in [2.45, 2.75) is 85.4 Å². The maximum atomic E-state index is 13.0. The number of carbonyl (C=O) groups excluding carboxylic acids is 1. The molecule has 0 amide bonds. The first-order valence-electron chi connectivity index (χ1n) is 13.3. The van der Waals surface area contributed by atoms with Gasteiger partial charge in [0.2, 0.25) is 0 Å². The predicted octanol–water partition coefficient (Wildman–Crippen LogP) is 7.58. The third-order valence-electron chi connectivity index (χ3n) is 8.16. The van der Waals surface area contributed by atoms with Crippen LogP contribution in [0.5, 0.6) is 0 Å². The van der Waals surface area contributed by atoms with Crippen LogP contribution in [-0.2, 0) is 17.7 Å². The molecular weight excluding hydrogens is 432 g/mol. The van der Waals surface area contributed by atoms with Gasteiger partial charge < -0.3 is 4.74 Å². The van der Waals surface area contributed by atoms with Crippen molar-refractivity contribution < 1.29 is 9.53 Å². The molecule has 3 aromatic rings. The first-order chi connectivity index (χ1) is 16.7. The number of aryl methyl sites for hydroxylation is 3. The van der Waals surface area contributed by atoms with Crippen LogP contribution in [0.15, 0.2) is 42.6 Å². The number of hydrogen-bond donors (Lipinski definition) is 0. The SMILES string of the molecule is CCc1ccc(C2[C@H]3CCC[C@H]3CN2Cc2c(C)cc(C)c3c2ccn3C(=O)OC(C)(C)C)cc1. The third-order valence-corrected chi connectivity index (χ3v) is 8.16.